The average molecular weight is 271 g/mol. The molecule has 1 N–H and O–H groups in total. The van der Waals surface area contributed by atoms with Gasteiger partial charge in [-0.1, -0.05) is 17.7 Å². The fourth-order valence-corrected chi connectivity index (χ4v) is 2.48. The second kappa shape index (κ2) is 5.67. The number of carbonyl (C=O) groups excluding carboxylic acids is 1. The number of hydrogen-bond donors (Lipinski definition) is 1. The van der Waals surface area contributed by atoms with Crippen LogP contribution < -0.4 is 5.32 Å². The van der Waals surface area contributed by atoms with E-state index in [-0.39, 0.29) is 22.5 Å². The largest absolute Gasteiger partial charge is 0.338 e. The summed E-state index contributed by atoms with van der Waals surface area (Å²) in [5, 5.41) is 3.40. The molecule has 0 spiro atoms. The summed E-state index contributed by atoms with van der Waals surface area (Å²) in [6.07, 6.45) is 1.77. The predicted molar refractivity (Wildman–Crippen MR) is 69.4 cm³/mol. The van der Waals surface area contributed by atoms with Crippen LogP contribution in [0.1, 0.15) is 23.2 Å². The maximum absolute atomic E-state index is 13.7. The lowest BCUT2D eigenvalue weighted by Gasteiger charge is -2.31. The highest BCUT2D eigenvalue weighted by Gasteiger charge is 2.26. The Kier molecular flexibility index (Phi) is 4.19. The van der Waals surface area contributed by atoms with Gasteiger partial charge in [-0.25, -0.2) is 4.39 Å². The average Bonchev–Trinajstić information content (AvgIpc) is 2.38. The Bertz CT molecular complexity index is 426. The highest BCUT2D eigenvalue weighted by atomic mass is 35.5. The smallest absolute Gasteiger partial charge is 0.258 e. The summed E-state index contributed by atoms with van der Waals surface area (Å²) in [5.41, 5.74) is -0.0276. The van der Waals surface area contributed by atoms with Gasteiger partial charge in [0.15, 0.2) is 0 Å². The van der Waals surface area contributed by atoms with Gasteiger partial charge in [-0.3, -0.25) is 4.79 Å². The van der Waals surface area contributed by atoms with Gasteiger partial charge in [0, 0.05) is 13.1 Å². The molecule has 2 rings (SSSR count). The van der Waals surface area contributed by atoms with Gasteiger partial charge in [0.2, 0.25) is 0 Å². The predicted octanol–water partition coefficient (Wildman–Crippen LogP) is 2.30. The molecule has 0 radical (unpaired) electrons. The molecule has 1 aromatic rings. The van der Waals surface area contributed by atoms with Gasteiger partial charge in [0.05, 0.1) is 10.6 Å². The van der Waals surface area contributed by atoms with Crippen molar-refractivity contribution in [2.45, 2.75) is 18.9 Å². The molecule has 0 aliphatic carbocycles. The Morgan fingerprint density at radius 2 is 2.11 bits per heavy atom. The number of amides is 1. The van der Waals surface area contributed by atoms with Crippen molar-refractivity contribution in [2.24, 2.45) is 0 Å². The van der Waals surface area contributed by atoms with Gasteiger partial charge in [-0.05, 0) is 38.1 Å². The van der Waals surface area contributed by atoms with E-state index < -0.39 is 5.82 Å². The van der Waals surface area contributed by atoms with Gasteiger partial charge in [0.25, 0.3) is 5.91 Å². The Morgan fingerprint density at radius 1 is 1.44 bits per heavy atom. The monoisotopic (exact) mass is 270 g/mol. The van der Waals surface area contributed by atoms with E-state index in [9.17, 15) is 9.18 Å². The lowest BCUT2D eigenvalue weighted by Crippen LogP contribution is -2.44. The Hall–Kier alpha value is -1.13. The molecule has 1 aliphatic rings. The summed E-state index contributed by atoms with van der Waals surface area (Å²) in [6.45, 7) is 1.76. The van der Waals surface area contributed by atoms with E-state index in [2.05, 4.69) is 5.32 Å². The van der Waals surface area contributed by atoms with Crippen LogP contribution in [0.15, 0.2) is 18.2 Å². The van der Waals surface area contributed by atoms with E-state index >= 15 is 0 Å². The minimum atomic E-state index is -0.562. The quantitative estimate of drug-likeness (QED) is 0.894. The number of benzene rings is 1. The summed E-state index contributed by atoms with van der Waals surface area (Å²) < 4.78 is 13.7. The fraction of sp³-hybridized carbons (Fsp3) is 0.462. The Labute approximate surface area is 111 Å². The van der Waals surface area contributed by atoms with Crippen molar-refractivity contribution in [3.05, 3.63) is 34.6 Å². The first-order valence-electron chi connectivity index (χ1n) is 6.03. The number of nitrogens with one attached hydrogen (secondary N) is 1. The third-order valence-electron chi connectivity index (χ3n) is 3.35. The number of carbonyl (C=O) groups is 1. The highest BCUT2D eigenvalue weighted by molar-refractivity contribution is 6.33. The van der Waals surface area contributed by atoms with Crippen LogP contribution in [0.5, 0.6) is 0 Å². The lowest BCUT2D eigenvalue weighted by atomic mass is 10.0. The molecule has 1 aromatic carbocycles. The molecule has 0 bridgehead atoms. The Morgan fingerprint density at radius 3 is 2.72 bits per heavy atom. The molecule has 1 saturated heterocycles. The molecule has 1 fully saturated rings. The van der Waals surface area contributed by atoms with Gasteiger partial charge in [-0.15, -0.1) is 0 Å². The summed E-state index contributed by atoms with van der Waals surface area (Å²) in [5.74, 6) is -0.904. The summed E-state index contributed by atoms with van der Waals surface area (Å²) in [6, 6.07) is 4.44. The molecule has 0 aromatic heterocycles. The molecule has 0 atom stereocenters. The number of nitrogens with zero attached hydrogens (tertiary/aromatic N) is 1. The van der Waals surface area contributed by atoms with Crippen LogP contribution in [0, 0.1) is 5.82 Å². The molecule has 0 saturated carbocycles. The van der Waals surface area contributed by atoms with Gasteiger partial charge < -0.3 is 10.2 Å². The molecule has 5 heteroatoms. The molecule has 1 amide bonds. The molecule has 3 nitrogen and oxygen atoms in total. The second-order valence-corrected chi connectivity index (χ2v) is 4.90. The number of halogens is 2. The molecule has 0 unspecified atom stereocenters. The van der Waals surface area contributed by atoms with E-state index in [1.165, 1.54) is 18.2 Å². The molecule has 1 heterocycles. The SMILES string of the molecule is CN(C(=O)c1c(F)cccc1Cl)C1CCNCC1. The second-order valence-electron chi connectivity index (χ2n) is 4.49. The molecule has 98 valence electrons. The van der Waals surface area contributed by atoms with Crippen LogP contribution in [0.3, 0.4) is 0 Å². The van der Waals surface area contributed by atoms with Crippen LogP contribution in [0.25, 0.3) is 0 Å². The minimum absolute atomic E-state index is 0.0276. The van der Waals surface area contributed by atoms with Crippen molar-refractivity contribution in [1.82, 2.24) is 10.2 Å². The van der Waals surface area contributed by atoms with Crippen LogP contribution >= 0.6 is 11.6 Å². The maximum Gasteiger partial charge on any atom is 0.258 e. The number of rotatable bonds is 2. The van der Waals surface area contributed by atoms with E-state index in [0.29, 0.717) is 0 Å². The topological polar surface area (TPSA) is 32.3 Å². The normalized spacial score (nSPS) is 16.6. The third-order valence-corrected chi connectivity index (χ3v) is 3.67. The first-order valence-corrected chi connectivity index (χ1v) is 6.41. The molecule has 1 aliphatic heterocycles. The third kappa shape index (κ3) is 2.65. The van der Waals surface area contributed by atoms with Crippen molar-refractivity contribution >= 4 is 17.5 Å². The van der Waals surface area contributed by atoms with E-state index in [1.54, 1.807) is 11.9 Å². The first-order chi connectivity index (χ1) is 8.61. The zero-order valence-corrected chi connectivity index (χ0v) is 11.0. The fourth-order valence-electron chi connectivity index (χ4n) is 2.24. The van der Waals surface area contributed by atoms with Crippen molar-refractivity contribution < 1.29 is 9.18 Å². The molecular formula is C13H16ClFN2O. The van der Waals surface area contributed by atoms with Crippen LogP contribution in [0.4, 0.5) is 4.39 Å². The highest BCUT2D eigenvalue weighted by Crippen LogP contribution is 2.22. The van der Waals surface area contributed by atoms with Crippen LogP contribution in [0.2, 0.25) is 5.02 Å². The van der Waals surface area contributed by atoms with E-state index in [0.717, 1.165) is 25.9 Å². The van der Waals surface area contributed by atoms with Crippen molar-refractivity contribution in [3.8, 4) is 0 Å². The van der Waals surface area contributed by atoms with Crippen LogP contribution in [-0.2, 0) is 0 Å². The van der Waals surface area contributed by atoms with Crippen molar-refractivity contribution in [2.75, 3.05) is 20.1 Å². The van der Waals surface area contributed by atoms with E-state index in [4.69, 9.17) is 11.6 Å². The van der Waals surface area contributed by atoms with Crippen LogP contribution in [-0.4, -0.2) is 37.0 Å². The summed E-state index contributed by atoms with van der Waals surface area (Å²) in [7, 11) is 1.71. The van der Waals surface area contributed by atoms with Gasteiger partial charge in [-0.2, -0.15) is 0 Å². The van der Waals surface area contributed by atoms with E-state index in [1.807, 2.05) is 0 Å². The number of hydrogen-bond acceptors (Lipinski definition) is 2. The van der Waals surface area contributed by atoms with Gasteiger partial charge >= 0.3 is 0 Å². The van der Waals surface area contributed by atoms with Crippen molar-refractivity contribution in [3.63, 3.8) is 0 Å². The van der Waals surface area contributed by atoms with Gasteiger partial charge in [0.1, 0.15) is 5.82 Å². The van der Waals surface area contributed by atoms with Crippen molar-refractivity contribution in [1.29, 1.82) is 0 Å². The summed E-state index contributed by atoms with van der Waals surface area (Å²) >= 11 is 5.91. The standard InChI is InChI=1S/C13H16ClFN2O/c1-17(9-5-7-16-8-6-9)13(18)12-10(14)3-2-4-11(12)15/h2-4,9,16H,5-8H2,1H3. The molecular weight excluding hydrogens is 255 g/mol. The summed E-state index contributed by atoms with van der Waals surface area (Å²) in [4.78, 5) is 13.9. The molecule has 18 heavy (non-hydrogen) atoms. The zero-order valence-electron chi connectivity index (χ0n) is 10.2. The number of piperidine rings is 1. The lowest BCUT2D eigenvalue weighted by molar-refractivity contribution is 0.0698. The minimum Gasteiger partial charge on any atom is -0.338 e. The first kappa shape index (κ1) is 13.3. The zero-order chi connectivity index (χ0) is 13.1. The Balaban J connectivity index is 2.19. The maximum atomic E-state index is 13.7.